The molecular weight excluding hydrogens is 220 g/mol. The van der Waals surface area contributed by atoms with Crippen molar-refractivity contribution >= 4 is 11.9 Å². The number of nitriles is 1. The van der Waals surface area contributed by atoms with Crippen molar-refractivity contribution in [3.8, 4) is 6.07 Å². The summed E-state index contributed by atoms with van der Waals surface area (Å²) in [5, 5.41) is 11.5. The Morgan fingerprint density at radius 2 is 2.29 bits per heavy atom. The van der Waals surface area contributed by atoms with Crippen LogP contribution < -0.4 is 5.32 Å². The maximum absolute atomic E-state index is 11.6. The Morgan fingerprint density at radius 1 is 1.65 bits per heavy atom. The van der Waals surface area contributed by atoms with Crippen molar-refractivity contribution in [1.82, 2.24) is 5.32 Å². The molecule has 0 radical (unpaired) electrons. The summed E-state index contributed by atoms with van der Waals surface area (Å²) < 4.78 is 4.92. The Hall–Kier alpha value is -1.83. The minimum absolute atomic E-state index is 0.0921. The molecule has 5 heteroatoms. The summed E-state index contributed by atoms with van der Waals surface area (Å²) in [6.45, 7) is 7.01. The number of amides is 1. The van der Waals surface area contributed by atoms with Gasteiger partial charge in [-0.25, -0.2) is 0 Å². The van der Waals surface area contributed by atoms with Crippen LogP contribution in [0.3, 0.4) is 0 Å². The number of hydrogen-bond acceptors (Lipinski definition) is 4. The van der Waals surface area contributed by atoms with Crippen LogP contribution in [0.15, 0.2) is 12.7 Å². The smallest absolute Gasteiger partial charge is 0.309 e. The predicted octanol–water partition coefficient (Wildman–Crippen LogP) is 0.626. The van der Waals surface area contributed by atoms with Crippen molar-refractivity contribution in [1.29, 1.82) is 5.26 Å². The van der Waals surface area contributed by atoms with Gasteiger partial charge >= 0.3 is 5.97 Å². The van der Waals surface area contributed by atoms with Gasteiger partial charge in [0.15, 0.2) is 0 Å². The zero-order chi connectivity index (χ0) is 13.0. The number of esters is 1. The molecule has 0 aromatic carbocycles. The molecule has 1 amide bonds. The summed E-state index contributed by atoms with van der Waals surface area (Å²) in [6, 6.07) is 1.34. The number of nitrogens with one attached hydrogen (secondary N) is 1. The van der Waals surface area contributed by atoms with Crippen molar-refractivity contribution in [3.05, 3.63) is 12.7 Å². The Kier molecular flexibility index (Phi) is 4.27. The molecule has 0 aromatic rings. The first-order chi connectivity index (χ1) is 8.06. The third-order valence-corrected chi connectivity index (χ3v) is 2.85. The number of nitrogens with zero attached hydrogens (tertiary/aromatic N) is 1. The van der Waals surface area contributed by atoms with Crippen molar-refractivity contribution in [2.24, 2.45) is 17.8 Å². The van der Waals surface area contributed by atoms with Gasteiger partial charge in [0.25, 0.3) is 0 Å². The number of hydrogen-bond donors (Lipinski definition) is 1. The maximum Gasteiger partial charge on any atom is 0.309 e. The lowest BCUT2D eigenvalue weighted by atomic mass is 10.1. The molecule has 17 heavy (non-hydrogen) atoms. The lowest BCUT2D eigenvalue weighted by Crippen LogP contribution is -2.34. The van der Waals surface area contributed by atoms with E-state index < -0.39 is 6.04 Å². The number of carbonyl (C=O) groups excluding carboxylic acids is 2. The molecule has 0 heterocycles. The monoisotopic (exact) mass is 236 g/mol. The van der Waals surface area contributed by atoms with Gasteiger partial charge in [-0.05, 0) is 12.8 Å². The van der Waals surface area contributed by atoms with Crippen LogP contribution in [-0.2, 0) is 14.3 Å². The van der Waals surface area contributed by atoms with E-state index in [1.807, 2.05) is 6.07 Å². The van der Waals surface area contributed by atoms with Gasteiger partial charge < -0.3 is 10.1 Å². The Morgan fingerprint density at radius 3 is 2.71 bits per heavy atom. The number of allylic oxidation sites excluding steroid dienone is 1. The van der Waals surface area contributed by atoms with E-state index in [4.69, 9.17) is 10.00 Å². The third kappa shape index (κ3) is 2.84. The van der Waals surface area contributed by atoms with E-state index >= 15 is 0 Å². The highest BCUT2D eigenvalue weighted by Gasteiger charge is 2.58. The predicted molar refractivity (Wildman–Crippen MR) is 60.5 cm³/mol. The lowest BCUT2D eigenvalue weighted by molar-refractivity contribution is -0.145. The molecule has 1 N–H and O–H groups in total. The van der Waals surface area contributed by atoms with Crippen molar-refractivity contribution < 1.29 is 14.3 Å². The summed E-state index contributed by atoms with van der Waals surface area (Å²) in [5.41, 5.74) is 0. The van der Waals surface area contributed by atoms with Gasteiger partial charge in [0.2, 0.25) is 5.91 Å². The quantitative estimate of drug-likeness (QED) is 0.560. The van der Waals surface area contributed by atoms with E-state index in [-0.39, 0.29) is 29.6 Å². The van der Waals surface area contributed by atoms with E-state index in [1.165, 1.54) is 6.92 Å². The van der Waals surface area contributed by atoms with E-state index in [1.54, 1.807) is 13.0 Å². The van der Waals surface area contributed by atoms with E-state index in [2.05, 4.69) is 11.9 Å². The van der Waals surface area contributed by atoms with Gasteiger partial charge in [0.05, 0.1) is 18.6 Å². The van der Waals surface area contributed by atoms with E-state index in [0.717, 1.165) is 0 Å². The summed E-state index contributed by atoms with van der Waals surface area (Å²) in [5.74, 6) is -1.28. The number of carbonyl (C=O) groups is 2. The second-order valence-electron chi connectivity index (χ2n) is 3.98. The molecule has 0 aromatic heterocycles. The highest BCUT2D eigenvalue weighted by Crippen LogP contribution is 2.50. The topological polar surface area (TPSA) is 79.2 Å². The minimum atomic E-state index is -0.662. The normalized spacial score (nSPS) is 27.5. The van der Waals surface area contributed by atoms with Gasteiger partial charge in [-0.2, -0.15) is 5.26 Å². The fourth-order valence-electron chi connectivity index (χ4n) is 2.08. The van der Waals surface area contributed by atoms with E-state index in [0.29, 0.717) is 6.61 Å². The van der Waals surface area contributed by atoms with Gasteiger partial charge in [-0.15, -0.1) is 6.58 Å². The zero-order valence-corrected chi connectivity index (χ0v) is 9.97. The first-order valence-corrected chi connectivity index (χ1v) is 5.52. The van der Waals surface area contributed by atoms with Crippen molar-refractivity contribution in [3.63, 3.8) is 0 Å². The van der Waals surface area contributed by atoms with Crippen LogP contribution in [0.2, 0.25) is 0 Å². The molecule has 0 bridgehead atoms. The van der Waals surface area contributed by atoms with E-state index in [9.17, 15) is 9.59 Å². The highest BCUT2D eigenvalue weighted by molar-refractivity contribution is 5.78. The Labute approximate surface area is 100 Å². The molecule has 4 unspecified atom stereocenters. The molecular formula is C12H16N2O3. The van der Waals surface area contributed by atoms with Crippen LogP contribution in [0.5, 0.6) is 0 Å². The minimum Gasteiger partial charge on any atom is -0.466 e. The first-order valence-electron chi connectivity index (χ1n) is 5.52. The van der Waals surface area contributed by atoms with Crippen LogP contribution in [0, 0.1) is 29.1 Å². The molecule has 4 atom stereocenters. The largest absolute Gasteiger partial charge is 0.466 e. The average Bonchev–Trinajstić information content (AvgIpc) is 3.00. The molecule has 1 rings (SSSR count). The van der Waals surface area contributed by atoms with Crippen LogP contribution in [-0.4, -0.2) is 24.5 Å². The molecule has 0 saturated heterocycles. The summed E-state index contributed by atoms with van der Waals surface area (Å²) in [6.07, 6.45) is 1.64. The summed E-state index contributed by atoms with van der Waals surface area (Å²) in [4.78, 5) is 22.5. The lowest BCUT2D eigenvalue weighted by Gasteiger charge is -2.08. The third-order valence-electron chi connectivity index (χ3n) is 2.85. The average molecular weight is 236 g/mol. The summed E-state index contributed by atoms with van der Waals surface area (Å²) >= 11 is 0. The second kappa shape index (κ2) is 5.48. The maximum atomic E-state index is 11.6. The van der Waals surface area contributed by atoms with Gasteiger partial charge in [0.1, 0.15) is 6.04 Å². The molecule has 1 saturated carbocycles. The fourth-order valence-corrected chi connectivity index (χ4v) is 2.08. The zero-order valence-electron chi connectivity index (χ0n) is 9.97. The number of rotatable bonds is 5. The SMILES string of the molecule is C=CC1C(C(=O)OCC)C1C(C#N)NC(C)=O. The first kappa shape index (κ1) is 13.2. The van der Waals surface area contributed by atoms with Crippen LogP contribution in [0.1, 0.15) is 13.8 Å². The van der Waals surface area contributed by atoms with Gasteiger partial charge in [-0.3, -0.25) is 9.59 Å². The van der Waals surface area contributed by atoms with Crippen LogP contribution >= 0.6 is 0 Å². The summed E-state index contributed by atoms with van der Waals surface area (Å²) in [7, 11) is 0. The molecule has 5 nitrogen and oxygen atoms in total. The molecule has 0 aliphatic heterocycles. The Balaban J connectivity index is 2.70. The Bertz CT molecular complexity index is 372. The second-order valence-corrected chi connectivity index (χ2v) is 3.98. The molecule has 92 valence electrons. The molecule has 1 fully saturated rings. The number of ether oxygens (including phenoxy) is 1. The molecule has 1 aliphatic rings. The van der Waals surface area contributed by atoms with Crippen LogP contribution in [0.25, 0.3) is 0 Å². The van der Waals surface area contributed by atoms with Crippen molar-refractivity contribution in [2.45, 2.75) is 19.9 Å². The highest BCUT2D eigenvalue weighted by atomic mass is 16.5. The molecule has 1 aliphatic carbocycles. The van der Waals surface area contributed by atoms with Crippen molar-refractivity contribution in [2.75, 3.05) is 6.61 Å². The van der Waals surface area contributed by atoms with Gasteiger partial charge in [0, 0.05) is 12.8 Å². The van der Waals surface area contributed by atoms with Gasteiger partial charge in [-0.1, -0.05) is 6.08 Å². The standard InChI is InChI=1S/C12H16N2O3/c1-4-8-10(9(6-13)14-7(3)15)11(8)12(16)17-5-2/h4,8-11H,1,5H2,2-3H3,(H,14,15). The molecule has 0 spiro atoms. The fraction of sp³-hybridized carbons (Fsp3) is 0.583. The van der Waals surface area contributed by atoms with Crippen LogP contribution in [0.4, 0.5) is 0 Å².